The van der Waals surface area contributed by atoms with Gasteiger partial charge >= 0.3 is 5.97 Å². The number of nitrogens with one attached hydrogen (secondary N) is 1. The zero-order valence-corrected chi connectivity index (χ0v) is 49.6. The van der Waals surface area contributed by atoms with Crippen LogP contribution in [0.3, 0.4) is 0 Å². The molecule has 2 atom stereocenters. The Morgan fingerprint density at radius 2 is 0.644 bits per heavy atom. The number of ether oxygens (including phenoxy) is 1. The Bertz CT molecular complexity index is 1100. The number of aliphatic hydroxyl groups excluding tert-OH is 2. The summed E-state index contributed by atoms with van der Waals surface area (Å²) in [4.78, 5) is 24.6. The van der Waals surface area contributed by atoms with Crippen molar-refractivity contribution in [2.24, 2.45) is 0 Å². The largest absolute Gasteiger partial charge is 0.466 e. The fourth-order valence-electron chi connectivity index (χ4n) is 10.7. The van der Waals surface area contributed by atoms with E-state index in [1.807, 2.05) is 0 Å². The third kappa shape index (κ3) is 59.7. The van der Waals surface area contributed by atoms with Gasteiger partial charge in [0.15, 0.2) is 0 Å². The molecule has 0 rings (SSSR count). The Hall–Kier alpha value is -1.40. The van der Waals surface area contributed by atoms with Crippen LogP contribution in [0.1, 0.15) is 380 Å². The second kappa shape index (κ2) is 63.1. The molecule has 0 saturated heterocycles. The van der Waals surface area contributed by atoms with Crippen LogP contribution in [0.5, 0.6) is 0 Å². The number of unbranched alkanes of at least 4 members (excludes halogenated alkanes) is 50. The van der Waals surface area contributed by atoms with Gasteiger partial charge in [-0.15, -0.1) is 0 Å². The van der Waals surface area contributed by atoms with Crippen molar-refractivity contribution in [3.05, 3.63) is 12.2 Å². The van der Waals surface area contributed by atoms with Crippen molar-refractivity contribution in [1.29, 1.82) is 0 Å². The van der Waals surface area contributed by atoms with Crippen LogP contribution in [0.25, 0.3) is 0 Å². The third-order valence-corrected chi connectivity index (χ3v) is 15.8. The molecule has 73 heavy (non-hydrogen) atoms. The van der Waals surface area contributed by atoms with Crippen LogP contribution < -0.4 is 5.32 Å². The van der Waals surface area contributed by atoms with Gasteiger partial charge < -0.3 is 20.3 Å². The van der Waals surface area contributed by atoms with Crippen molar-refractivity contribution in [1.82, 2.24) is 5.32 Å². The molecule has 0 aromatic heterocycles. The summed E-state index contributed by atoms with van der Waals surface area (Å²) < 4.78 is 5.48. The number of amides is 1. The quantitative estimate of drug-likeness (QED) is 0.0320. The molecule has 0 radical (unpaired) electrons. The van der Waals surface area contributed by atoms with Gasteiger partial charge in [0.2, 0.25) is 5.91 Å². The molecule has 434 valence electrons. The van der Waals surface area contributed by atoms with Gasteiger partial charge in [0.1, 0.15) is 0 Å². The Kier molecular flexibility index (Phi) is 61.9. The highest BCUT2D eigenvalue weighted by Gasteiger charge is 2.20. The van der Waals surface area contributed by atoms with Crippen LogP contribution in [-0.4, -0.2) is 47.4 Å². The SMILES string of the molecule is CCCCCCCC/C=C\CCCCCCCC(=O)OCCCCCCCCCCCCCCCCCCCCCC(=O)NC(CO)C(O)CCCCCCCCCCCCCCCCCCCCCCCC. The molecule has 0 bridgehead atoms. The van der Waals surface area contributed by atoms with Crippen LogP contribution >= 0.6 is 0 Å². The first-order valence-corrected chi connectivity index (χ1v) is 33.4. The van der Waals surface area contributed by atoms with E-state index in [0.717, 1.165) is 44.9 Å². The Labute approximate surface area is 457 Å². The highest BCUT2D eigenvalue weighted by atomic mass is 16.5. The van der Waals surface area contributed by atoms with Gasteiger partial charge in [0.05, 0.1) is 25.4 Å². The van der Waals surface area contributed by atoms with Gasteiger partial charge in [-0.05, 0) is 51.4 Å². The van der Waals surface area contributed by atoms with Crippen molar-refractivity contribution < 1.29 is 24.5 Å². The van der Waals surface area contributed by atoms with E-state index in [1.54, 1.807) is 0 Å². The smallest absolute Gasteiger partial charge is 0.305 e. The fourth-order valence-corrected chi connectivity index (χ4v) is 10.7. The summed E-state index contributed by atoms with van der Waals surface area (Å²) in [6.07, 6.45) is 76.6. The lowest BCUT2D eigenvalue weighted by molar-refractivity contribution is -0.143. The van der Waals surface area contributed by atoms with Gasteiger partial charge in [-0.2, -0.15) is 0 Å². The molecule has 0 heterocycles. The van der Waals surface area contributed by atoms with E-state index < -0.39 is 12.1 Å². The molecule has 0 fully saturated rings. The Morgan fingerprint density at radius 3 is 0.973 bits per heavy atom. The van der Waals surface area contributed by atoms with Crippen molar-refractivity contribution in [2.75, 3.05) is 13.2 Å². The molecule has 0 aliphatic rings. The molecule has 2 unspecified atom stereocenters. The summed E-state index contributed by atoms with van der Waals surface area (Å²) in [6.45, 7) is 4.98. The Balaban J connectivity index is 3.39. The van der Waals surface area contributed by atoms with Gasteiger partial charge in [0, 0.05) is 12.8 Å². The predicted molar refractivity (Wildman–Crippen MR) is 320 cm³/mol. The summed E-state index contributed by atoms with van der Waals surface area (Å²) in [5, 5.41) is 23.4. The van der Waals surface area contributed by atoms with Crippen LogP contribution in [0.4, 0.5) is 0 Å². The summed E-state index contributed by atoms with van der Waals surface area (Å²) in [7, 11) is 0. The molecular weight excluding hydrogens is 899 g/mol. The first-order chi connectivity index (χ1) is 36.0. The maximum Gasteiger partial charge on any atom is 0.305 e. The lowest BCUT2D eigenvalue weighted by Gasteiger charge is -2.22. The summed E-state index contributed by atoms with van der Waals surface area (Å²) >= 11 is 0. The molecule has 0 aromatic carbocycles. The molecule has 3 N–H and O–H groups in total. The van der Waals surface area contributed by atoms with Crippen LogP contribution in [0, 0.1) is 0 Å². The number of carbonyl (C=O) groups is 2. The standard InChI is InChI=1S/C67H131NO5/c1-3-5-7-9-11-13-15-17-19-20-21-22-23-25-28-32-35-39-43-47-51-55-59-65(70)64(63-69)68-66(71)60-56-52-48-44-40-36-33-29-26-24-27-30-34-38-42-46-50-54-58-62-73-67(72)61-57-53-49-45-41-37-31-18-16-14-12-10-8-6-4-2/h18,31,64-65,69-70H,3-17,19-30,32-63H2,1-2H3,(H,68,71)/b31-18-. The summed E-state index contributed by atoms with van der Waals surface area (Å²) in [5.74, 6) is -0.0310. The van der Waals surface area contributed by atoms with Crippen LogP contribution in [-0.2, 0) is 14.3 Å². The average molecular weight is 1030 g/mol. The second-order valence-electron chi connectivity index (χ2n) is 23.2. The number of carbonyl (C=O) groups excluding carboxylic acids is 2. The average Bonchev–Trinajstić information content (AvgIpc) is 3.39. The summed E-state index contributed by atoms with van der Waals surface area (Å²) in [6, 6.07) is -0.544. The first kappa shape index (κ1) is 71.6. The van der Waals surface area contributed by atoms with Crippen molar-refractivity contribution in [3.8, 4) is 0 Å². The topological polar surface area (TPSA) is 95.9 Å². The van der Waals surface area contributed by atoms with Crippen molar-refractivity contribution in [2.45, 2.75) is 392 Å². The van der Waals surface area contributed by atoms with Crippen LogP contribution in [0.15, 0.2) is 12.2 Å². The molecule has 6 nitrogen and oxygen atoms in total. The molecular formula is C67H131NO5. The lowest BCUT2D eigenvalue weighted by atomic mass is 10.0. The van der Waals surface area contributed by atoms with Gasteiger partial charge in [0.25, 0.3) is 0 Å². The van der Waals surface area contributed by atoms with Crippen molar-refractivity contribution >= 4 is 11.9 Å². The second-order valence-corrected chi connectivity index (χ2v) is 23.2. The number of rotatable bonds is 63. The zero-order chi connectivity index (χ0) is 52.9. The maximum absolute atomic E-state index is 12.5. The number of allylic oxidation sites excluding steroid dienone is 2. The van der Waals surface area contributed by atoms with E-state index in [2.05, 4.69) is 31.3 Å². The minimum atomic E-state index is -0.667. The van der Waals surface area contributed by atoms with Crippen molar-refractivity contribution in [3.63, 3.8) is 0 Å². The predicted octanol–water partition coefficient (Wildman–Crippen LogP) is 21.2. The lowest BCUT2D eigenvalue weighted by Crippen LogP contribution is -2.45. The molecule has 0 aliphatic carbocycles. The Morgan fingerprint density at radius 1 is 0.370 bits per heavy atom. The first-order valence-electron chi connectivity index (χ1n) is 33.4. The van der Waals surface area contributed by atoms with E-state index in [1.165, 1.54) is 302 Å². The fraction of sp³-hybridized carbons (Fsp3) is 0.940. The van der Waals surface area contributed by atoms with E-state index in [4.69, 9.17) is 4.74 Å². The van der Waals surface area contributed by atoms with Gasteiger partial charge in [-0.1, -0.05) is 328 Å². The zero-order valence-electron chi connectivity index (χ0n) is 49.6. The normalized spacial score (nSPS) is 12.5. The maximum atomic E-state index is 12.5. The van der Waals surface area contributed by atoms with Gasteiger partial charge in [-0.25, -0.2) is 0 Å². The van der Waals surface area contributed by atoms with E-state index in [0.29, 0.717) is 25.9 Å². The molecule has 0 aliphatic heterocycles. The monoisotopic (exact) mass is 1030 g/mol. The van der Waals surface area contributed by atoms with Crippen LogP contribution in [0.2, 0.25) is 0 Å². The molecule has 0 saturated carbocycles. The minimum absolute atomic E-state index is 0.00239. The number of hydrogen-bond donors (Lipinski definition) is 3. The highest BCUT2D eigenvalue weighted by molar-refractivity contribution is 5.76. The highest BCUT2D eigenvalue weighted by Crippen LogP contribution is 2.19. The molecule has 0 spiro atoms. The number of esters is 1. The molecule has 0 aromatic rings. The molecule has 6 heteroatoms. The minimum Gasteiger partial charge on any atom is -0.466 e. The van der Waals surface area contributed by atoms with E-state index in [-0.39, 0.29) is 18.5 Å². The van der Waals surface area contributed by atoms with E-state index >= 15 is 0 Å². The molecule has 1 amide bonds. The van der Waals surface area contributed by atoms with Gasteiger partial charge in [-0.3, -0.25) is 9.59 Å². The summed E-state index contributed by atoms with van der Waals surface area (Å²) in [5.41, 5.74) is 0. The third-order valence-electron chi connectivity index (χ3n) is 15.8. The number of hydrogen-bond acceptors (Lipinski definition) is 5. The van der Waals surface area contributed by atoms with E-state index in [9.17, 15) is 19.8 Å². The number of aliphatic hydroxyl groups is 2.